The molecule has 3 fully saturated rings. The summed E-state index contributed by atoms with van der Waals surface area (Å²) in [6, 6.07) is 8.58. The Hall–Kier alpha value is -3.30. The highest BCUT2D eigenvalue weighted by Crippen LogP contribution is 2.34. The number of anilines is 1. The number of benzene rings is 1. The second-order valence-corrected chi connectivity index (χ2v) is 12.3. The van der Waals surface area contributed by atoms with Crippen molar-refractivity contribution in [3.8, 4) is 27.6 Å². The fraction of sp³-hybridized carbons (Fsp3) is 0.484. The quantitative estimate of drug-likeness (QED) is 0.362. The summed E-state index contributed by atoms with van der Waals surface area (Å²) in [6.45, 7) is 2.13. The Bertz CT molecular complexity index is 1370. The average Bonchev–Trinajstić information content (AvgIpc) is 3.72. The maximum Gasteiger partial charge on any atom is 0.257 e. The fourth-order valence-electron chi connectivity index (χ4n) is 5.79. The lowest BCUT2D eigenvalue weighted by Gasteiger charge is -2.37. The molecule has 2 aliphatic carbocycles. The van der Waals surface area contributed by atoms with Gasteiger partial charge in [0.1, 0.15) is 5.75 Å². The van der Waals surface area contributed by atoms with Gasteiger partial charge < -0.3 is 19.9 Å². The van der Waals surface area contributed by atoms with Crippen LogP contribution in [0.5, 0.6) is 5.75 Å². The average molecular weight is 560 g/mol. The molecule has 0 radical (unpaired) electrons. The van der Waals surface area contributed by atoms with Crippen molar-refractivity contribution in [2.24, 2.45) is 5.92 Å². The summed E-state index contributed by atoms with van der Waals surface area (Å²) >= 11 is 1.53. The van der Waals surface area contributed by atoms with E-state index in [0.29, 0.717) is 29.3 Å². The number of nitrogens with one attached hydrogen (secondary N) is 1. The number of likely N-dealkylation sites (tertiary alicyclic amines) is 1. The van der Waals surface area contributed by atoms with Gasteiger partial charge >= 0.3 is 0 Å². The van der Waals surface area contributed by atoms with Crippen molar-refractivity contribution in [3.05, 3.63) is 47.6 Å². The predicted octanol–water partition coefficient (Wildman–Crippen LogP) is 5.71. The summed E-state index contributed by atoms with van der Waals surface area (Å²) < 4.78 is 5.68. The molecule has 2 amide bonds. The number of carbonyl (C=O) groups is 2. The van der Waals surface area contributed by atoms with Gasteiger partial charge in [-0.3, -0.25) is 14.6 Å². The van der Waals surface area contributed by atoms with Gasteiger partial charge in [-0.25, -0.2) is 4.98 Å². The first-order valence-electron chi connectivity index (χ1n) is 14.4. The van der Waals surface area contributed by atoms with Gasteiger partial charge in [0, 0.05) is 49.6 Å². The summed E-state index contributed by atoms with van der Waals surface area (Å²) in [7, 11) is 3.51. The second-order valence-electron chi connectivity index (χ2n) is 11.4. The lowest BCUT2D eigenvalue weighted by atomic mass is 9.83. The van der Waals surface area contributed by atoms with Crippen LogP contribution in [0.1, 0.15) is 61.7 Å². The van der Waals surface area contributed by atoms with Crippen molar-refractivity contribution in [2.45, 2.75) is 63.5 Å². The third kappa shape index (κ3) is 5.90. The minimum Gasteiger partial charge on any atom is -0.496 e. The summed E-state index contributed by atoms with van der Waals surface area (Å²) in [5.74, 6) is 1.12. The molecule has 9 heteroatoms. The Morgan fingerprint density at radius 2 is 1.85 bits per heavy atom. The Balaban J connectivity index is 1.14. The third-order valence-electron chi connectivity index (χ3n) is 8.63. The molecule has 40 heavy (non-hydrogen) atoms. The Labute approximate surface area is 239 Å². The number of rotatable bonds is 9. The number of amides is 2. The Morgan fingerprint density at radius 3 is 2.55 bits per heavy atom. The first-order valence-corrected chi connectivity index (χ1v) is 15.3. The maximum atomic E-state index is 13.5. The monoisotopic (exact) mass is 559 g/mol. The number of ether oxygens (including phenoxy) is 1. The molecule has 3 aliphatic rings. The molecular weight excluding hydrogens is 522 g/mol. The third-order valence-corrected chi connectivity index (χ3v) is 9.58. The number of aromatic nitrogens is 2. The van der Waals surface area contributed by atoms with E-state index in [1.807, 2.05) is 41.6 Å². The molecule has 0 bridgehead atoms. The highest BCUT2D eigenvalue weighted by molar-refractivity contribution is 7.14. The van der Waals surface area contributed by atoms with Crippen LogP contribution in [0.4, 0.5) is 5.69 Å². The Morgan fingerprint density at radius 1 is 1.07 bits per heavy atom. The van der Waals surface area contributed by atoms with E-state index in [1.165, 1.54) is 30.6 Å². The molecule has 210 valence electrons. The number of carbonyl (C=O) groups excluding carboxylic acids is 2. The normalized spacial score (nSPS) is 18.2. The lowest BCUT2D eigenvalue weighted by Crippen LogP contribution is -2.46. The molecule has 1 aromatic carbocycles. The van der Waals surface area contributed by atoms with Gasteiger partial charge in [-0.05, 0) is 62.6 Å². The van der Waals surface area contributed by atoms with Crippen molar-refractivity contribution in [2.75, 3.05) is 32.6 Å². The van der Waals surface area contributed by atoms with Gasteiger partial charge in [-0.2, -0.15) is 0 Å². The van der Waals surface area contributed by atoms with E-state index in [0.717, 1.165) is 66.6 Å². The SMILES string of the molecule is COc1cc(-c2cncc(-c3cc(NC(=O)CC4CCC4)cs3)n2)ccc1C(=O)N(C)C1CCN(C2CC2)CC1. The van der Waals surface area contributed by atoms with E-state index in [1.54, 1.807) is 19.5 Å². The summed E-state index contributed by atoms with van der Waals surface area (Å²) in [5, 5.41) is 4.96. The van der Waals surface area contributed by atoms with Gasteiger partial charge in [-0.15, -0.1) is 11.3 Å². The van der Waals surface area contributed by atoms with Crippen molar-refractivity contribution in [1.29, 1.82) is 0 Å². The van der Waals surface area contributed by atoms with Crippen LogP contribution in [0.15, 0.2) is 42.0 Å². The van der Waals surface area contributed by atoms with Gasteiger partial charge in [0.15, 0.2) is 0 Å². The van der Waals surface area contributed by atoms with Crippen LogP contribution in [0, 0.1) is 5.92 Å². The zero-order valence-electron chi connectivity index (χ0n) is 23.3. The maximum absolute atomic E-state index is 13.5. The Kier molecular flexibility index (Phi) is 7.85. The lowest BCUT2D eigenvalue weighted by molar-refractivity contribution is -0.117. The molecule has 1 saturated heterocycles. The largest absolute Gasteiger partial charge is 0.496 e. The molecule has 0 unspecified atom stereocenters. The van der Waals surface area contributed by atoms with Crippen molar-refractivity contribution in [1.82, 2.24) is 19.8 Å². The molecule has 1 aliphatic heterocycles. The molecule has 0 atom stereocenters. The standard InChI is InChI=1S/C31H37N5O3S/c1-35(23-10-12-36(13-11-23)24-7-8-24)31(38)25-9-6-21(15-28(25)39-2)26-17-32-18-27(34-26)29-16-22(19-40-29)33-30(37)14-20-4-3-5-20/h6,9,15-20,23-24H,3-5,7-8,10-14H2,1-2H3,(H,33,37). The predicted molar refractivity (Wildman–Crippen MR) is 158 cm³/mol. The van der Waals surface area contributed by atoms with E-state index < -0.39 is 0 Å². The minimum atomic E-state index is -0.0152. The molecule has 1 N–H and O–H groups in total. The highest BCUT2D eigenvalue weighted by Gasteiger charge is 2.34. The van der Waals surface area contributed by atoms with Crippen LogP contribution in [-0.4, -0.2) is 70.9 Å². The molecule has 8 nitrogen and oxygen atoms in total. The van der Waals surface area contributed by atoms with Crippen LogP contribution >= 0.6 is 11.3 Å². The number of nitrogens with zero attached hydrogens (tertiary/aromatic N) is 4. The fourth-order valence-corrected chi connectivity index (χ4v) is 6.59. The van der Waals surface area contributed by atoms with E-state index in [2.05, 4.69) is 15.2 Å². The summed E-state index contributed by atoms with van der Waals surface area (Å²) in [4.78, 5) is 40.5. The molecule has 2 saturated carbocycles. The molecule has 3 aromatic rings. The number of hydrogen-bond donors (Lipinski definition) is 1. The van der Waals surface area contributed by atoms with Crippen LogP contribution in [0.3, 0.4) is 0 Å². The zero-order valence-corrected chi connectivity index (χ0v) is 24.1. The van der Waals surface area contributed by atoms with Gasteiger partial charge in [0.05, 0.1) is 47.0 Å². The van der Waals surface area contributed by atoms with Crippen molar-refractivity contribution < 1.29 is 14.3 Å². The van der Waals surface area contributed by atoms with Gasteiger partial charge in [0.25, 0.3) is 5.91 Å². The number of hydrogen-bond acceptors (Lipinski definition) is 7. The van der Waals surface area contributed by atoms with Crippen LogP contribution < -0.4 is 10.1 Å². The highest BCUT2D eigenvalue weighted by atomic mass is 32.1. The first-order chi connectivity index (χ1) is 19.5. The molecular formula is C31H37N5O3S. The van der Waals surface area contributed by atoms with Crippen molar-refractivity contribution in [3.63, 3.8) is 0 Å². The molecule has 3 heterocycles. The number of thiophene rings is 1. The molecule has 0 spiro atoms. The van der Waals surface area contributed by atoms with E-state index in [9.17, 15) is 9.59 Å². The molecule has 6 rings (SSSR count). The van der Waals surface area contributed by atoms with Gasteiger partial charge in [0.2, 0.25) is 5.91 Å². The van der Waals surface area contributed by atoms with Crippen LogP contribution in [-0.2, 0) is 4.79 Å². The topological polar surface area (TPSA) is 87.7 Å². The summed E-state index contributed by atoms with van der Waals surface area (Å²) in [5.41, 5.74) is 3.61. The van der Waals surface area contributed by atoms with E-state index in [-0.39, 0.29) is 17.9 Å². The van der Waals surface area contributed by atoms with E-state index in [4.69, 9.17) is 9.72 Å². The smallest absolute Gasteiger partial charge is 0.257 e. The van der Waals surface area contributed by atoms with Gasteiger partial charge in [-0.1, -0.05) is 12.5 Å². The summed E-state index contributed by atoms with van der Waals surface area (Å²) in [6.07, 6.45) is 12.2. The second kappa shape index (κ2) is 11.7. The zero-order chi connectivity index (χ0) is 27.6. The minimum absolute atomic E-state index is 0.0152. The molecule has 2 aromatic heterocycles. The van der Waals surface area contributed by atoms with Crippen molar-refractivity contribution >= 4 is 28.8 Å². The number of piperidine rings is 1. The number of methoxy groups -OCH3 is 1. The van der Waals surface area contributed by atoms with E-state index >= 15 is 0 Å². The van der Waals surface area contributed by atoms with Crippen LogP contribution in [0.2, 0.25) is 0 Å². The van der Waals surface area contributed by atoms with Crippen LogP contribution in [0.25, 0.3) is 21.8 Å². The first kappa shape index (κ1) is 26.9.